The molecule has 1 aromatic carbocycles. The molecule has 2 heterocycles. The first-order valence-corrected chi connectivity index (χ1v) is 7.12. The van der Waals surface area contributed by atoms with Crippen molar-refractivity contribution in [1.82, 2.24) is 19.5 Å². The predicted molar refractivity (Wildman–Crippen MR) is 83.8 cm³/mol. The summed E-state index contributed by atoms with van der Waals surface area (Å²) in [7, 11) is 3.65. The van der Waals surface area contributed by atoms with Crippen molar-refractivity contribution in [3.8, 4) is 0 Å². The van der Waals surface area contributed by atoms with Gasteiger partial charge in [-0.3, -0.25) is 9.36 Å². The minimum atomic E-state index is -0.0402. The molecule has 0 radical (unpaired) electrons. The maximum Gasteiger partial charge on any atom is 0.308 e. The summed E-state index contributed by atoms with van der Waals surface area (Å²) in [6, 6.07) is 7.64. The summed E-state index contributed by atoms with van der Waals surface area (Å²) in [4.78, 5) is 26.3. The standard InChI is InChI=1S/C13H14N6OS/c1-18(2)12-16-10(15-11(14)17-12)7-19-8-5-3-4-6-9(8)21-13(19)20/h3-6H,7H2,1-2H3,(H2,14,15,16,17). The summed E-state index contributed by atoms with van der Waals surface area (Å²) in [6.07, 6.45) is 0. The van der Waals surface area contributed by atoms with Crippen LogP contribution in [0.4, 0.5) is 11.9 Å². The smallest absolute Gasteiger partial charge is 0.308 e. The number of nitrogen functional groups attached to an aromatic ring is 1. The van der Waals surface area contributed by atoms with Gasteiger partial charge in [0, 0.05) is 14.1 Å². The lowest BCUT2D eigenvalue weighted by Crippen LogP contribution is -2.19. The quantitative estimate of drug-likeness (QED) is 0.774. The first-order valence-electron chi connectivity index (χ1n) is 6.31. The van der Waals surface area contributed by atoms with Gasteiger partial charge in [-0.1, -0.05) is 23.5 Å². The van der Waals surface area contributed by atoms with E-state index in [9.17, 15) is 4.79 Å². The lowest BCUT2D eigenvalue weighted by atomic mass is 10.3. The van der Waals surface area contributed by atoms with E-state index in [2.05, 4.69) is 15.0 Å². The molecule has 2 aromatic heterocycles. The molecule has 3 aromatic rings. The fourth-order valence-electron chi connectivity index (χ4n) is 2.00. The Hall–Kier alpha value is -2.48. The number of fused-ring (bicyclic) bond motifs is 1. The van der Waals surface area contributed by atoms with Crippen LogP contribution < -0.4 is 15.5 Å². The zero-order chi connectivity index (χ0) is 15.0. The maximum atomic E-state index is 12.1. The highest BCUT2D eigenvalue weighted by molar-refractivity contribution is 7.16. The van der Waals surface area contributed by atoms with Gasteiger partial charge in [0.25, 0.3) is 0 Å². The molecule has 0 fully saturated rings. The zero-order valence-corrected chi connectivity index (χ0v) is 12.5. The Morgan fingerprint density at radius 3 is 2.76 bits per heavy atom. The van der Waals surface area contributed by atoms with Gasteiger partial charge in [-0.2, -0.15) is 15.0 Å². The summed E-state index contributed by atoms with van der Waals surface area (Å²) in [6.45, 7) is 0.274. The van der Waals surface area contributed by atoms with Crippen LogP contribution in [0.25, 0.3) is 10.2 Å². The molecular formula is C13H14N6OS. The molecule has 0 aliphatic carbocycles. The van der Waals surface area contributed by atoms with Crippen molar-refractivity contribution in [3.05, 3.63) is 39.8 Å². The molecule has 2 N–H and O–H groups in total. The molecule has 7 nitrogen and oxygen atoms in total. The first-order chi connectivity index (χ1) is 10.0. The third-order valence-electron chi connectivity index (χ3n) is 2.96. The molecule has 0 bridgehead atoms. The second-order valence-electron chi connectivity index (χ2n) is 4.73. The van der Waals surface area contributed by atoms with Crippen LogP contribution in [-0.2, 0) is 6.54 Å². The highest BCUT2D eigenvalue weighted by Crippen LogP contribution is 2.17. The lowest BCUT2D eigenvalue weighted by Gasteiger charge is -2.11. The molecule has 0 unspecified atom stereocenters. The molecule has 0 saturated heterocycles. The average Bonchev–Trinajstić information content (AvgIpc) is 2.75. The van der Waals surface area contributed by atoms with Crippen LogP contribution in [-0.4, -0.2) is 33.6 Å². The lowest BCUT2D eigenvalue weighted by molar-refractivity contribution is 0.746. The average molecular weight is 302 g/mol. The molecule has 0 saturated carbocycles. The Morgan fingerprint density at radius 2 is 2.00 bits per heavy atom. The third kappa shape index (κ3) is 2.57. The van der Waals surface area contributed by atoms with Gasteiger partial charge in [-0.25, -0.2) is 0 Å². The monoisotopic (exact) mass is 302 g/mol. The number of hydrogen-bond donors (Lipinski definition) is 1. The van der Waals surface area contributed by atoms with Crippen LogP contribution in [0.5, 0.6) is 0 Å². The van der Waals surface area contributed by atoms with Gasteiger partial charge in [0.05, 0.1) is 16.8 Å². The molecule has 0 spiro atoms. The SMILES string of the molecule is CN(C)c1nc(N)nc(Cn2c(=O)sc3ccccc32)n1. The number of thiazole rings is 1. The van der Waals surface area contributed by atoms with Crippen molar-refractivity contribution in [1.29, 1.82) is 0 Å². The van der Waals surface area contributed by atoms with E-state index < -0.39 is 0 Å². The van der Waals surface area contributed by atoms with E-state index in [0.717, 1.165) is 10.2 Å². The van der Waals surface area contributed by atoms with Gasteiger partial charge in [-0.05, 0) is 12.1 Å². The Balaban J connectivity index is 2.06. The van der Waals surface area contributed by atoms with Crippen molar-refractivity contribution in [3.63, 3.8) is 0 Å². The van der Waals surface area contributed by atoms with E-state index in [-0.39, 0.29) is 17.4 Å². The zero-order valence-electron chi connectivity index (χ0n) is 11.6. The van der Waals surface area contributed by atoms with Crippen molar-refractivity contribution in [2.45, 2.75) is 6.54 Å². The number of para-hydroxylation sites is 1. The first kappa shape index (κ1) is 13.5. The number of rotatable bonds is 3. The second kappa shape index (κ2) is 5.13. The number of benzene rings is 1. The van der Waals surface area contributed by atoms with Gasteiger partial charge >= 0.3 is 4.87 Å². The van der Waals surface area contributed by atoms with Gasteiger partial charge in [0.1, 0.15) is 0 Å². The van der Waals surface area contributed by atoms with Gasteiger partial charge in [0.15, 0.2) is 5.82 Å². The summed E-state index contributed by atoms with van der Waals surface area (Å²) >= 11 is 1.21. The molecule has 108 valence electrons. The highest BCUT2D eigenvalue weighted by atomic mass is 32.1. The second-order valence-corrected chi connectivity index (χ2v) is 5.72. The molecule has 8 heteroatoms. The fraction of sp³-hybridized carbons (Fsp3) is 0.231. The molecule has 0 aliphatic heterocycles. The predicted octanol–water partition coefficient (Wildman–Crippen LogP) is 0.944. The molecule has 0 atom stereocenters. The summed E-state index contributed by atoms with van der Waals surface area (Å²) in [5, 5.41) is 0. The minimum absolute atomic E-state index is 0.0402. The Morgan fingerprint density at radius 1 is 1.24 bits per heavy atom. The van der Waals surface area contributed by atoms with Crippen LogP contribution in [0.1, 0.15) is 5.82 Å². The topological polar surface area (TPSA) is 89.9 Å². The normalized spacial score (nSPS) is 11.0. The number of nitrogens with zero attached hydrogens (tertiary/aromatic N) is 5. The Kier molecular flexibility index (Phi) is 3.30. The number of nitrogens with two attached hydrogens (primary N) is 1. The van der Waals surface area contributed by atoms with E-state index in [1.807, 2.05) is 38.4 Å². The van der Waals surface area contributed by atoms with E-state index in [4.69, 9.17) is 5.73 Å². The van der Waals surface area contributed by atoms with Crippen LogP contribution in [0, 0.1) is 0 Å². The Labute approximate surface area is 124 Å². The third-order valence-corrected chi connectivity index (χ3v) is 3.92. The number of aromatic nitrogens is 4. The van der Waals surface area contributed by atoms with Crippen LogP contribution in [0.15, 0.2) is 29.1 Å². The van der Waals surface area contributed by atoms with Crippen LogP contribution >= 0.6 is 11.3 Å². The molecule has 0 aliphatic rings. The largest absolute Gasteiger partial charge is 0.368 e. The van der Waals surface area contributed by atoms with Crippen LogP contribution in [0.3, 0.4) is 0 Å². The number of anilines is 2. The number of hydrogen-bond acceptors (Lipinski definition) is 7. The molecule has 21 heavy (non-hydrogen) atoms. The van der Waals surface area contributed by atoms with Gasteiger partial charge in [0.2, 0.25) is 11.9 Å². The van der Waals surface area contributed by atoms with Crippen molar-refractivity contribution in [2.24, 2.45) is 0 Å². The molecule has 0 amide bonds. The van der Waals surface area contributed by atoms with E-state index in [0.29, 0.717) is 11.8 Å². The Bertz CT molecular complexity index is 853. The van der Waals surface area contributed by atoms with E-state index >= 15 is 0 Å². The highest BCUT2D eigenvalue weighted by Gasteiger charge is 2.11. The van der Waals surface area contributed by atoms with Crippen molar-refractivity contribution < 1.29 is 0 Å². The van der Waals surface area contributed by atoms with Crippen LogP contribution in [0.2, 0.25) is 0 Å². The van der Waals surface area contributed by atoms with Crippen molar-refractivity contribution >= 4 is 33.5 Å². The molecular weight excluding hydrogens is 288 g/mol. The summed E-state index contributed by atoms with van der Waals surface area (Å²) < 4.78 is 2.59. The summed E-state index contributed by atoms with van der Waals surface area (Å²) in [5.74, 6) is 1.10. The van der Waals surface area contributed by atoms with E-state index in [1.54, 1.807) is 9.47 Å². The van der Waals surface area contributed by atoms with E-state index in [1.165, 1.54) is 11.3 Å². The van der Waals surface area contributed by atoms with Crippen molar-refractivity contribution in [2.75, 3.05) is 24.7 Å². The minimum Gasteiger partial charge on any atom is -0.368 e. The summed E-state index contributed by atoms with van der Waals surface area (Å²) in [5.41, 5.74) is 6.58. The van der Waals surface area contributed by atoms with Gasteiger partial charge < -0.3 is 10.6 Å². The fourth-order valence-corrected chi connectivity index (χ4v) is 2.89. The van der Waals surface area contributed by atoms with Gasteiger partial charge in [-0.15, -0.1) is 0 Å². The molecule has 3 rings (SSSR count). The maximum absolute atomic E-state index is 12.1.